The molecule has 0 saturated heterocycles. The fraction of sp³-hybridized carbons (Fsp3) is 0.333. The first-order valence-electron chi connectivity index (χ1n) is 9.20. The van der Waals surface area contributed by atoms with E-state index in [1.807, 2.05) is 6.07 Å². The summed E-state index contributed by atoms with van der Waals surface area (Å²) in [5.74, 6) is -1.52. The molecular formula is C21H26N2O4S. The summed E-state index contributed by atoms with van der Waals surface area (Å²) >= 11 is 0. The van der Waals surface area contributed by atoms with E-state index in [9.17, 15) is 18.0 Å². The molecule has 2 aromatic carbocycles. The molecule has 6 nitrogen and oxygen atoms in total. The lowest BCUT2D eigenvalue weighted by molar-refractivity contribution is -0.113. The van der Waals surface area contributed by atoms with Crippen LogP contribution in [0.3, 0.4) is 0 Å². The van der Waals surface area contributed by atoms with Crippen LogP contribution in [0.2, 0.25) is 0 Å². The maximum Gasteiger partial charge on any atom is 0.253 e. The molecule has 28 heavy (non-hydrogen) atoms. The summed E-state index contributed by atoms with van der Waals surface area (Å²) in [7, 11) is -1.87. The molecule has 0 aliphatic carbocycles. The lowest BCUT2D eigenvalue weighted by Crippen LogP contribution is -2.27. The van der Waals surface area contributed by atoms with E-state index >= 15 is 0 Å². The molecule has 0 fully saturated rings. The lowest BCUT2D eigenvalue weighted by atomic mass is 10.1. The van der Waals surface area contributed by atoms with Crippen molar-refractivity contribution in [1.29, 1.82) is 0 Å². The largest absolute Gasteiger partial charge is 0.342 e. The minimum atomic E-state index is -3.62. The Bertz CT molecular complexity index is 894. The maximum absolute atomic E-state index is 12.3. The second-order valence-electron chi connectivity index (χ2n) is 6.72. The van der Waals surface area contributed by atoms with Gasteiger partial charge in [0.25, 0.3) is 5.91 Å². The predicted octanol–water partition coefficient (Wildman–Crippen LogP) is 3.11. The van der Waals surface area contributed by atoms with Crippen LogP contribution in [0.15, 0.2) is 54.6 Å². The monoisotopic (exact) mass is 402 g/mol. The first kappa shape index (κ1) is 21.6. The number of nitrogens with one attached hydrogen (secondary N) is 1. The van der Waals surface area contributed by atoms with Crippen molar-refractivity contribution in [2.24, 2.45) is 0 Å². The van der Waals surface area contributed by atoms with Crippen LogP contribution in [0, 0.1) is 0 Å². The van der Waals surface area contributed by atoms with Crippen LogP contribution in [-0.2, 0) is 20.4 Å². The van der Waals surface area contributed by atoms with Gasteiger partial charge in [0.1, 0.15) is 5.75 Å². The van der Waals surface area contributed by atoms with Gasteiger partial charge in [-0.1, -0.05) is 43.7 Å². The van der Waals surface area contributed by atoms with E-state index in [2.05, 4.69) is 12.2 Å². The van der Waals surface area contributed by atoms with Crippen molar-refractivity contribution >= 4 is 27.3 Å². The van der Waals surface area contributed by atoms with E-state index in [-0.39, 0.29) is 11.7 Å². The summed E-state index contributed by atoms with van der Waals surface area (Å²) in [6.45, 7) is 2.75. The first-order valence-corrected chi connectivity index (χ1v) is 11.0. The van der Waals surface area contributed by atoms with Crippen LogP contribution in [-0.4, -0.2) is 44.5 Å². The molecule has 0 radical (unpaired) electrons. The maximum atomic E-state index is 12.3. The van der Waals surface area contributed by atoms with Gasteiger partial charge in [0, 0.05) is 24.8 Å². The number of carbonyl (C=O) groups is 2. The Morgan fingerprint density at radius 3 is 2.25 bits per heavy atom. The van der Waals surface area contributed by atoms with Crippen molar-refractivity contribution in [3.8, 4) is 0 Å². The summed E-state index contributed by atoms with van der Waals surface area (Å²) < 4.78 is 24.6. The molecule has 0 spiro atoms. The second-order valence-corrected chi connectivity index (χ2v) is 8.79. The standard InChI is InChI=1S/C21H26N2O4S/c1-3-4-14-23(2)21(25)18-12-10-17(11-13-18)15-28(26,27)16-20(24)22-19-8-6-5-7-9-19/h5-13H,3-4,14-16H2,1-2H3,(H,22,24). The molecule has 0 aliphatic heterocycles. The average molecular weight is 403 g/mol. The van der Waals surface area contributed by atoms with E-state index in [4.69, 9.17) is 0 Å². The van der Waals surface area contributed by atoms with Gasteiger partial charge in [0.05, 0.1) is 5.75 Å². The number of hydrogen-bond acceptors (Lipinski definition) is 4. The summed E-state index contributed by atoms with van der Waals surface area (Å²) in [6.07, 6.45) is 1.94. The van der Waals surface area contributed by atoms with Crippen molar-refractivity contribution in [2.45, 2.75) is 25.5 Å². The van der Waals surface area contributed by atoms with Gasteiger partial charge < -0.3 is 10.2 Å². The quantitative estimate of drug-likeness (QED) is 0.699. The molecule has 0 aromatic heterocycles. The highest BCUT2D eigenvalue weighted by atomic mass is 32.2. The smallest absolute Gasteiger partial charge is 0.253 e. The third-order valence-electron chi connectivity index (χ3n) is 4.19. The van der Waals surface area contributed by atoms with E-state index in [0.717, 1.165) is 12.8 Å². The SMILES string of the molecule is CCCCN(C)C(=O)c1ccc(CS(=O)(=O)CC(=O)Nc2ccccc2)cc1. The Hall–Kier alpha value is -2.67. The van der Waals surface area contributed by atoms with Crippen LogP contribution in [0.1, 0.15) is 35.7 Å². The molecule has 7 heteroatoms. The molecule has 2 rings (SSSR count). The Labute approximate surface area is 166 Å². The zero-order valence-corrected chi connectivity index (χ0v) is 17.0. The number of sulfone groups is 1. The molecule has 150 valence electrons. The normalized spacial score (nSPS) is 11.1. The van der Waals surface area contributed by atoms with Crippen LogP contribution in [0.4, 0.5) is 5.69 Å². The Morgan fingerprint density at radius 1 is 1.00 bits per heavy atom. The van der Waals surface area contributed by atoms with Gasteiger partial charge in [0.2, 0.25) is 5.91 Å². The Kier molecular flexibility index (Phi) is 7.75. The van der Waals surface area contributed by atoms with Gasteiger partial charge in [-0.2, -0.15) is 0 Å². The highest BCUT2D eigenvalue weighted by Gasteiger charge is 2.18. The van der Waals surface area contributed by atoms with Crippen molar-refractivity contribution < 1.29 is 18.0 Å². The van der Waals surface area contributed by atoms with E-state index in [1.165, 1.54) is 0 Å². The van der Waals surface area contributed by atoms with Gasteiger partial charge in [-0.05, 0) is 36.2 Å². The molecule has 2 aromatic rings. The summed E-state index contributed by atoms with van der Waals surface area (Å²) in [4.78, 5) is 26.0. The van der Waals surface area contributed by atoms with Crippen LogP contribution in [0.5, 0.6) is 0 Å². The number of nitrogens with zero attached hydrogens (tertiary/aromatic N) is 1. The number of para-hydroxylation sites is 1. The van der Waals surface area contributed by atoms with E-state index < -0.39 is 21.5 Å². The minimum Gasteiger partial charge on any atom is -0.342 e. The molecular weight excluding hydrogens is 376 g/mol. The fourth-order valence-electron chi connectivity index (χ4n) is 2.68. The topological polar surface area (TPSA) is 83.6 Å². The molecule has 0 unspecified atom stereocenters. The van der Waals surface area contributed by atoms with E-state index in [1.54, 1.807) is 60.5 Å². The highest BCUT2D eigenvalue weighted by Crippen LogP contribution is 2.12. The highest BCUT2D eigenvalue weighted by molar-refractivity contribution is 7.91. The minimum absolute atomic E-state index is 0.0925. The molecule has 0 heterocycles. The Morgan fingerprint density at radius 2 is 1.64 bits per heavy atom. The average Bonchev–Trinajstić information content (AvgIpc) is 2.66. The number of anilines is 1. The van der Waals surface area contributed by atoms with Gasteiger partial charge in [-0.25, -0.2) is 8.42 Å². The van der Waals surface area contributed by atoms with Crippen molar-refractivity contribution in [3.63, 3.8) is 0 Å². The van der Waals surface area contributed by atoms with Crippen LogP contribution in [0.25, 0.3) is 0 Å². The van der Waals surface area contributed by atoms with Crippen molar-refractivity contribution in [1.82, 2.24) is 4.90 Å². The van der Waals surface area contributed by atoms with Crippen LogP contribution < -0.4 is 5.32 Å². The second kappa shape index (κ2) is 10.0. The van der Waals surface area contributed by atoms with Gasteiger partial charge >= 0.3 is 0 Å². The number of carbonyl (C=O) groups excluding carboxylic acids is 2. The number of amides is 2. The van der Waals surface area contributed by atoms with Gasteiger partial charge in [-0.15, -0.1) is 0 Å². The zero-order chi connectivity index (χ0) is 20.6. The number of rotatable bonds is 9. The molecule has 0 atom stereocenters. The van der Waals surface area contributed by atoms with Crippen molar-refractivity contribution in [3.05, 3.63) is 65.7 Å². The molecule has 0 saturated carbocycles. The van der Waals surface area contributed by atoms with Gasteiger partial charge in [-0.3, -0.25) is 9.59 Å². The Balaban J connectivity index is 1.94. The molecule has 2 amide bonds. The fourth-order valence-corrected chi connectivity index (χ4v) is 3.96. The third kappa shape index (κ3) is 6.81. The van der Waals surface area contributed by atoms with Crippen LogP contribution >= 0.6 is 0 Å². The molecule has 0 bridgehead atoms. The summed E-state index contributed by atoms with van der Waals surface area (Å²) in [6, 6.07) is 15.2. The lowest BCUT2D eigenvalue weighted by Gasteiger charge is -2.16. The third-order valence-corrected chi connectivity index (χ3v) is 5.66. The summed E-state index contributed by atoms with van der Waals surface area (Å²) in [5.41, 5.74) is 1.61. The predicted molar refractivity (Wildman–Crippen MR) is 111 cm³/mol. The number of benzene rings is 2. The zero-order valence-electron chi connectivity index (χ0n) is 16.2. The van der Waals surface area contributed by atoms with Gasteiger partial charge in [0.15, 0.2) is 9.84 Å². The summed E-state index contributed by atoms with van der Waals surface area (Å²) in [5, 5.41) is 2.57. The number of unbranched alkanes of at least 4 members (excludes halogenated alkanes) is 1. The van der Waals surface area contributed by atoms with Crippen molar-refractivity contribution in [2.75, 3.05) is 24.7 Å². The molecule has 1 N–H and O–H groups in total. The number of hydrogen-bond donors (Lipinski definition) is 1. The van der Waals surface area contributed by atoms with E-state index in [0.29, 0.717) is 23.4 Å². The first-order chi connectivity index (χ1) is 13.3. The molecule has 0 aliphatic rings.